The summed E-state index contributed by atoms with van der Waals surface area (Å²) in [5.74, 6) is 1.60. The zero-order valence-corrected chi connectivity index (χ0v) is 20.9. The van der Waals surface area contributed by atoms with Crippen LogP contribution in [0.3, 0.4) is 0 Å². The Morgan fingerprint density at radius 2 is 1.70 bits per heavy atom. The van der Waals surface area contributed by atoms with E-state index in [0.717, 1.165) is 44.5 Å². The molecule has 1 amide bonds. The molecule has 33 heavy (non-hydrogen) atoms. The number of carbonyl (C=O) groups is 1. The molecule has 0 radical (unpaired) electrons. The van der Waals surface area contributed by atoms with Crippen molar-refractivity contribution in [2.75, 3.05) is 38.7 Å². The second-order valence-electron chi connectivity index (χ2n) is 8.55. The SMILES string of the molecule is CCCN(CCC)CCCOc1cc(NC(=O)C=Cc2ccc(C(C)C)cc2)ccc1OC. The predicted octanol–water partition coefficient (Wildman–Crippen LogP) is 6.36. The summed E-state index contributed by atoms with van der Waals surface area (Å²) in [7, 11) is 1.62. The van der Waals surface area contributed by atoms with Gasteiger partial charge in [0.1, 0.15) is 0 Å². The minimum Gasteiger partial charge on any atom is -0.493 e. The standard InChI is InChI=1S/C28H40N2O3/c1-6-17-30(18-7-2)19-8-20-33-27-21-25(14-15-26(27)32-5)29-28(31)16-11-23-9-12-24(13-10-23)22(3)4/h9-16,21-22H,6-8,17-20H2,1-5H3,(H,29,31). The average molecular weight is 453 g/mol. The number of ether oxygens (including phenoxy) is 2. The molecule has 0 saturated heterocycles. The second kappa shape index (κ2) is 14.4. The van der Waals surface area contributed by atoms with Crippen LogP contribution in [0.4, 0.5) is 5.69 Å². The third-order valence-corrected chi connectivity index (χ3v) is 5.42. The molecule has 0 aliphatic carbocycles. The van der Waals surface area contributed by atoms with Crippen molar-refractivity contribution in [2.24, 2.45) is 0 Å². The Balaban J connectivity index is 1.92. The highest BCUT2D eigenvalue weighted by Crippen LogP contribution is 2.30. The largest absolute Gasteiger partial charge is 0.493 e. The van der Waals surface area contributed by atoms with Gasteiger partial charge in [-0.1, -0.05) is 52.0 Å². The Morgan fingerprint density at radius 3 is 2.30 bits per heavy atom. The van der Waals surface area contributed by atoms with Crippen LogP contribution in [0, 0.1) is 0 Å². The molecule has 0 saturated carbocycles. The Labute approximate surface area is 199 Å². The van der Waals surface area contributed by atoms with Gasteiger partial charge in [-0.15, -0.1) is 0 Å². The van der Waals surface area contributed by atoms with E-state index >= 15 is 0 Å². The van der Waals surface area contributed by atoms with Gasteiger partial charge in [0, 0.05) is 24.4 Å². The molecule has 0 spiro atoms. The van der Waals surface area contributed by atoms with Gasteiger partial charge in [-0.3, -0.25) is 4.79 Å². The van der Waals surface area contributed by atoms with Gasteiger partial charge >= 0.3 is 0 Å². The van der Waals surface area contributed by atoms with E-state index in [0.29, 0.717) is 29.7 Å². The van der Waals surface area contributed by atoms with Crippen LogP contribution in [-0.4, -0.2) is 44.2 Å². The topological polar surface area (TPSA) is 50.8 Å². The second-order valence-corrected chi connectivity index (χ2v) is 8.55. The lowest BCUT2D eigenvalue weighted by Gasteiger charge is -2.21. The Morgan fingerprint density at radius 1 is 1.00 bits per heavy atom. The number of methoxy groups -OCH3 is 1. The van der Waals surface area contributed by atoms with Crippen molar-refractivity contribution >= 4 is 17.7 Å². The normalized spacial score (nSPS) is 11.4. The molecular formula is C28H40N2O3. The fraction of sp³-hybridized carbons (Fsp3) is 0.464. The Hall–Kier alpha value is -2.79. The fourth-order valence-electron chi connectivity index (χ4n) is 3.65. The van der Waals surface area contributed by atoms with Crippen molar-refractivity contribution < 1.29 is 14.3 Å². The number of hydrogen-bond donors (Lipinski definition) is 1. The molecule has 2 aromatic carbocycles. The summed E-state index contributed by atoms with van der Waals surface area (Å²) in [5, 5.41) is 2.91. The van der Waals surface area contributed by atoms with Crippen molar-refractivity contribution in [1.29, 1.82) is 0 Å². The van der Waals surface area contributed by atoms with Crippen LogP contribution >= 0.6 is 0 Å². The maximum atomic E-state index is 12.4. The summed E-state index contributed by atoms with van der Waals surface area (Å²) in [6.07, 6.45) is 6.63. The van der Waals surface area contributed by atoms with Crippen LogP contribution in [0.5, 0.6) is 11.5 Å². The number of carbonyl (C=O) groups excluding carboxylic acids is 1. The maximum absolute atomic E-state index is 12.4. The molecule has 0 atom stereocenters. The molecule has 0 unspecified atom stereocenters. The van der Waals surface area contributed by atoms with Crippen molar-refractivity contribution in [2.45, 2.75) is 52.9 Å². The van der Waals surface area contributed by atoms with E-state index in [9.17, 15) is 4.79 Å². The summed E-state index contributed by atoms with van der Waals surface area (Å²) in [5.41, 5.74) is 2.95. The van der Waals surface area contributed by atoms with Gasteiger partial charge in [-0.05, 0) is 67.6 Å². The fourth-order valence-corrected chi connectivity index (χ4v) is 3.65. The molecule has 0 bridgehead atoms. The highest BCUT2D eigenvalue weighted by Gasteiger charge is 2.09. The van der Waals surface area contributed by atoms with Crippen LogP contribution in [0.1, 0.15) is 64.0 Å². The monoisotopic (exact) mass is 452 g/mol. The van der Waals surface area contributed by atoms with E-state index in [2.05, 4.69) is 50.0 Å². The number of nitrogens with one attached hydrogen (secondary N) is 1. The zero-order chi connectivity index (χ0) is 24.1. The molecule has 1 N–H and O–H groups in total. The first-order valence-corrected chi connectivity index (χ1v) is 12.1. The molecule has 180 valence electrons. The zero-order valence-electron chi connectivity index (χ0n) is 20.9. The number of hydrogen-bond acceptors (Lipinski definition) is 4. The lowest BCUT2D eigenvalue weighted by molar-refractivity contribution is -0.111. The Bertz CT molecular complexity index is 869. The van der Waals surface area contributed by atoms with E-state index in [1.807, 2.05) is 36.4 Å². The minimum absolute atomic E-state index is 0.186. The lowest BCUT2D eigenvalue weighted by atomic mass is 10.0. The number of nitrogens with zero attached hydrogens (tertiary/aromatic N) is 1. The van der Waals surface area contributed by atoms with Crippen LogP contribution < -0.4 is 14.8 Å². The minimum atomic E-state index is -0.186. The summed E-state index contributed by atoms with van der Waals surface area (Å²) in [6, 6.07) is 13.7. The van der Waals surface area contributed by atoms with E-state index in [1.165, 1.54) is 5.56 Å². The van der Waals surface area contributed by atoms with Crippen molar-refractivity contribution in [3.63, 3.8) is 0 Å². The summed E-state index contributed by atoms with van der Waals surface area (Å²) >= 11 is 0. The first-order valence-electron chi connectivity index (χ1n) is 12.1. The van der Waals surface area contributed by atoms with Gasteiger partial charge in [0.25, 0.3) is 0 Å². The van der Waals surface area contributed by atoms with E-state index in [-0.39, 0.29) is 5.91 Å². The summed E-state index contributed by atoms with van der Waals surface area (Å²) in [6.45, 7) is 12.6. The number of amides is 1. The molecule has 0 aromatic heterocycles. The number of anilines is 1. The summed E-state index contributed by atoms with van der Waals surface area (Å²) in [4.78, 5) is 14.9. The molecule has 0 heterocycles. The van der Waals surface area contributed by atoms with E-state index < -0.39 is 0 Å². The smallest absolute Gasteiger partial charge is 0.248 e. The van der Waals surface area contributed by atoms with Crippen molar-refractivity contribution in [3.8, 4) is 11.5 Å². The van der Waals surface area contributed by atoms with Gasteiger partial charge in [-0.25, -0.2) is 0 Å². The third-order valence-electron chi connectivity index (χ3n) is 5.42. The molecule has 2 rings (SSSR count). The first kappa shape index (κ1) is 26.5. The van der Waals surface area contributed by atoms with Crippen LogP contribution in [0.2, 0.25) is 0 Å². The third kappa shape index (κ3) is 9.30. The van der Waals surface area contributed by atoms with Crippen LogP contribution in [-0.2, 0) is 4.79 Å². The van der Waals surface area contributed by atoms with E-state index in [4.69, 9.17) is 9.47 Å². The molecule has 5 heteroatoms. The molecule has 0 aliphatic rings. The van der Waals surface area contributed by atoms with Gasteiger partial charge in [0.05, 0.1) is 13.7 Å². The highest BCUT2D eigenvalue weighted by molar-refractivity contribution is 6.02. The van der Waals surface area contributed by atoms with Crippen molar-refractivity contribution in [1.82, 2.24) is 4.90 Å². The molecule has 2 aromatic rings. The molecular weight excluding hydrogens is 412 g/mol. The van der Waals surface area contributed by atoms with E-state index in [1.54, 1.807) is 13.2 Å². The van der Waals surface area contributed by atoms with Gasteiger partial charge in [-0.2, -0.15) is 0 Å². The Kier molecular flexibility index (Phi) is 11.5. The average Bonchev–Trinajstić information content (AvgIpc) is 2.81. The van der Waals surface area contributed by atoms with Gasteiger partial charge < -0.3 is 19.7 Å². The van der Waals surface area contributed by atoms with Gasteiger partial charge in [0.15, 0.2) is 11.5 Å². The van der Waals surface area contributed by atoms with Crippen molar-refractivity contribution in [3.05, 3.63) is 59.7 Å². The molecule has 0 aliphatic heterocycles. The number of benzene rings is 2. The van der Waals surface area contributed by atoms with Crippen LogP contribution in [0.15, 0.2) is 48.5 Å². The number of rotatable bonds is 14. The quantitative estimate of drug-likeness (QED) is 0.268. The first-order chi connectivity index (χ1) is 16.0. The summed E-state index contributed by atoms with van der Waals surface area (Å²) < 4.78 is 11.4. The van der Waals surface area contributed by atoms with Gasteiger partial charge in [0.2, 0.25) is 5.91 Å². The van der Waals surface area contributed by atoms with Crippen LogP contribution in [0.25, 0.3) is 6.08 Å². The highest BCUT2D eigenvalue weighted by atomic mass is 16.5. The predicted molar refractivity (Wildman–Crippen MR) is 138 cm³/mol. The lowest BCUT2D eigenvalue weighted by Crippen LogP contribution is -2.27. The maximum Gasteiger partial charge on any atom is 0.248 e. The molecule has 5 nitrogen and oxygen atoms in total. The molecule has 0 fully saturated rings.